The summed E-state index contributed by atoms with van der Waals surface area (Å²) in [6.07, 6.45) is 6.92. The molecule has 6 heteroatoms. The molecule has 1 atom stereocenters. The lowest BCUT2D eigenvalue weighted by Crippen LogP contribution is -2.44. The maximum atomic E-state index is 12.0. The van der Waals surface area contributed by atoms with E-state index < -0.39 is 0 Å². The number of likely N-dealkylation sites (tertiary alicyclic amines) is 1. The molecule has 1 aliphatic heterocycles. The summed E-state index contributed by atoms with van der Waals surface area (Å²) in [5.41, 5.74) is 0.350. The lowest BCUT2D eigenvalue weighted by atomic mass is 10.1. The molecule has 1 aromatic heterocycles. The van der Waals surface area contributed by atoms with Crippen LogP contribution in [0.25, 0.3) is 0 Å². The van der Waals surface area contributed by atoms with Crippen LogP contribution in [-0.2, 0) is 0 Å². The first-order chi connectivity index (χ1) is 9.70. The van der Waals surface area contributed by atoms with Gasteiger partial charge in [0.1, 0.15) is 11.5 Å². The summed E-state index contributed by atoms with van der Waals surface area (Å²) in [6.45, 7) is 5.06. The summed E-state index contributed by atoms with van der Waals surface area (Å²) in [7, 11) is 1.75. The molecule has 1 aromatic rings. The summed E-state index contributed by atoms with van der Waals surface area (Å²) in [6, 6.07) is 0.361. The first-order valence-electron chi connectivity index (χ1n) is 7.22. The molecular formula is C14H23N5O. The fraction of sp³-hybridized carbons (Fsp3) is 0.643. The molecule has 110 valence electrons. The number of amides is 1. The molecule has 20 heavy (non-hydrogen) atoms. The van der Waals surface area contributed by atoms with E-state index in [2.05, 4.69) is 32.4 Å². The second-order valence-corrected chi connectivity index (χ2v) is 5.20. The third-order valence-electron chi connectivity index (χ3n) is 3.70. The number of rotatable bonds is 5. The molecule has 0 radical (unpaired) electrons. The Bertz CT molecular complexity index is 445. The summed E-state index contributed by atoms with van der Waals surface area (Å²) in [4.78, 5) is 22.6. The van der Waals surface area contributed by atoms with Gasteiger partial charge in [-0.1, -0.05) is 6.42 Å². The highest BCUT2D eigenvalue weighted by molar-refractivity contribution is 5.92. The largest absolute Gasteiger partial charge is 0.372 e. The van der Waals surface area contributed by atoms with Crippen molar-refractivity contribution in [2.75, 3.05) is 32.0 Å². The standard InChI is InChI=1S/C14H23N5O/c1-11(19-6-4-3-5-7-19)8-17-14(20)12-9-16-10-13(15-2)18-12/h9-11H,3-8H2,1-2H3,(H,15,18)(H,17,20). The number of anilines is 1. The maximum Gasteiger partial charge on any atom is 0.271 e. The predicted octanol–water partition coefficient (Wildman–Crippen LogP) is 1.12. The van der Waals surface area contributed by atoms with Crippen molar-refractivity contribution in [3.63, 3.8) is 0 Å². The zero-order valence-corrected chi connectivity index (χ0v) is 12.2. The Morgan fingerprint density at radius 2 is 2.10 bits per heavy atom. The normalized spacial score (nSPS) is 17.5. The van der Waals surface area contributed by atoms with Crippen LogP contribution in [-0.4, -0.2) is 53.5 Å². The Morgan fingerprint density at radius 1 is 1.35 bits per heavy atom. The molecule has 0 aliphatic carbocycles. The average Bonchev–Trinajstić information content (AvgIpc) is 2.53. The van der Waals surface area contributed by atoms with Gasteiger partial charge in [-0.05, 0) is 32.9 Å². The number of aromatic nitrogens is 2. The van der Waals surface area contributed by atoms with E-state index in [0.717, 1.165) is 13.1 Å². The molecule has 2 N–H and O–H groups in total. The van der Waals surface area contributed by atoms with E-state index in [0.29, 0.717) is 24.1 Å². The molecule has 1 aliphatic rings. The van der Waals surface area contributed by atoms with E-state index in [-0.39, 0.29) is 5.91 Å². The number of nitrogens with one attached hydrogen (secondary N) is 2. The minimum atomic E-state index is -0.168. The number of hydrogen-bond donors (Lipinski definition) is 2. The van der Waals surface area contributed by atoms with Crippen LogP contribution in [0.5, 0.6) is 0 Å². The van der Waals surface area contributed by atoms with Crippen molar-refractivity contribution in [1.82, 2.24) is 20.2 Å². The number of piperidine rings is 1. The summed E-state index contributed by atoms with van der Waals surface area (Å²) in [5, 5.41) is 5.81. The topological polar surface area (TPSA) is 70.2 Å². The van der Waals surface area contributed by atoms with Gasteiger partial charge < -0.3 is 10.6 Å². The van der Waals surface area contributed by atoms with Crippen molar-refractivity contribution in [3.8, 4) is 0 Å². The van der Waals surface area contributed by atoms with Crippen LogP contribution in [0.4, 0.5) is 5.82 Å². The Kier molecular flexibility index (Phi) is 5.29. The van der Waals surface area contributed by atoms with E-state index in [1.807, 2.05) is 0 Å². The lowest BCUT2D eigenvalue weighted by molar-refractivity contribution is 0.0925. The Labute approximate surface area is 120 Å². The first kappa shape index (κ1) is 14.7. The van der Waals surface area contributed by atoms with Gasteiger partial charge in [0.25, 0.3) is 5.91 Å². The summed E-state index contributed by atoms with van der Waals surface area (Å²) < 4.78 is 0. The van der Waals surface area contributed by atoms with E-state index in [4.69, 9.17) is 0 Å². The lowest BCUT2D eigenvalue weighted by Gasteiger charge is -2.32. The maximum absolute atomic E-state index is 12.0. The summed E-state index contributed by atoms with van der Waals surface area (Å²) in [5.74, 6) is 0.431. The molecule has 0 aromatic carbocycles. The molecule has 1 fully saturated rings. The van der Waals surface area contributed by atoms with Gasteiger partial charge >= 0.3 is 0 Å². The SMILES string of the molecule is CNc1cncc(C(=O)NCC(C)N2CCCCC2)n1. The number of nitrogens with zero attached hydrogens (tertiary/aromatic N) is 3. The highest BCUT2D eigenvalue weighted by Crippen LogP contribution is 2.11. The van der Waals surface area contributed by atoms with Gasteiger partial charge in [0.15, 0.2) is 0 Å². The Balaban J connectivity index is 1.84. The fourth-order valence-corrected chi connectivity index (χ4v) is 2.42. The van der Waals surface area contributed by atoms with Crippen LogP contribution in [0.15, 0.2) is 12.4 Å². The number of carbonyl (C=O) groups is 1. The van der Waals surface area contributed by atoms with Gasteiger partial charge in [-0.3, -0.25) is 14.7 Å². The van der Waals surface area contributed by atoms with Crippen molar-refractivity contribution >= 4 is 11.7 Å². The monoisotopic (exact) mass is 277 g/mol. The number of hydrogen-bond acceptors (Lipinski definition) is 5. The van der Waals surface area contributed by atoms with Crippen LogP contribution in [0.3, 0.4) is 0 Å². The van der Waals surface area contributed by atoms with Crippen LogP contribution in [0.1, 0.15) is 36.7 Å². The molecule has 0 spiro atoms. The van der Waals surface area contributed by atoms with Crippen molar-refractivity contribution in [1.29, 1.82) is 0 Å². The van der Waals surface area contributed by atoms with Crippen LogP contribution in [0.2, 0.25) is 0 Å². The van der Waals surface area contributed by atoms with Gasteiger partial charge in [-0.15, -0.1) is 0 Å². The minimum absolute atomic E-state index is 0.168. The molecule has 1 amide bonds. The fourth-order valence-electron chi connectivity index (χ4n) is 2.42. The van der Waals surface area contributed by atoms with Crippen LogP contribution < -0.4 is 10.6 Å². The molecule has 1 unspecified atom stereocenters. The van der Waals surface area contributed by atoms with Crippen molar-refractivity contribution in [2.45, 2.75) is 32.2 Å². The Morgan fingerprint density at radius 3 is 2.80 bits per heavy atom. The van der Waals surface area contributed by atoms with Crippen molar-refractivity contribution in [2.24, 2.45) is 0 Å². The van der Waals surface area contributed by atoms with E-state index in [1.165, 1.54) is 25.5 Å². The molecule has 6 nitrogen and oxygen atoms in total. The molecule has 2 heterocycles. The highest BCUT2D eigenvalue weighted by Gasteiger charge is 2.17. The van der Waals surface area contributed by atoms with Crippen LogP contribution in [0, 0.1) is 0 Å². The van der Waals surface area contributed by atoms with Crippen molar-refractivity contribution < 1.29 is 4.79 Å². The van der Waals surface area contributed by atoms with E-state index >= 15 is 0 Å². The average molecular weight is 277 g/mol. The predicted molar refractivity (Wildman–Crippen MR) is 78.8 cm³/mol. The Hall–Kier alpha value is -1.69. The number of carbonyl (C=O) groups excluding carboxylic acids is 1. The zero-order valence-electron chi connectivity index (χ0n) is 12.2. The molecule has 2 rings (SSSR count). The van der Waals surface area contributed by atoms with Gasteiger partial charge in [-0.25, -0.2) is 4.98 Å². The third kappa shape index (κ3) is 3.90. The van der Waals surface area contributed by atoms with E-state index in [1.54, 1.807) is 13.2 Å². The summed E-state index contributed by atoms with van der Waals surface area (Å²) >= 11 is 0. The molecule has 0 bridgehead atoms. The minimum Gasteiger partial charge on any atom is -0.372 e. The smallest absolute Gasteiger partial charge is 0.271 e. The first-order valence-corrected chi connectivity index (χ1v) is 7.22. The molecule has 0 saturated carbocycles. The van der Waals surface area contributed by atoms with Crippen molar-refractivity contribution in [3.05, 3.63) is 18.1 Å². The van der Waals surface area contributed by atoms with Gasteiger partial charge in [0.2, 0.25) is 0 Å². The molecular weight excluding hydrogens is 254 g/mol. The van der Waals surface area contributed by atoms with Gasteiger partial charge in [-0.2, -0.15) is 0 Å². The van der Waals surface area contributed by atoms with E-state index in [9.17, 15) is 4.79 Å². The van der Waals surface area contributed by atoms with Crippen LogP contribution >= 0.6 is 0 Å². The molecule has 1 saturated heterocycles. The van der Waals surface area contributed by atoms with Gasteiger partial charge in [0.05, 0.1) is 12.4 Å². The highest BCUT2D eigenvalue weighted by atomic mass is 16.1. The zero-order chi connectivity index (χ0) is 14.4. The second-order valence-electron chi connectivity index (χ2n) is 5.20. The second kappa shape index (κ2) is 7.19. The van der Waals surface area contributed by atoms with Gasteiger partial charge in [0, 0.05) is 19.6 Å². The quantitative estimate of drug-likeness (QED) is 0.844. The third-order valence-corrected chi connectivity index (χ3v) is 3.70.